The molecule has 0 aromatic heterocycles. The van der Waals surface area contributed by atoms with Crippen LogP contribution < -0.4 is 5.32 Å². The van der Waals surface area contributed by atoms with Crippen molar-refractivity contribution in [1.29, 1.82) is 0 Å². The highest BCUT2D eigenvalue weighted by Crippen LogP contribution is 2.19. The number of rotatable bonds is 1. The lowest BCUT2D eigenvalue weighted by Gasteiger charge is -2.03. The van der Waals surface area contributed by atoms with Crippen LogP contribution in [-0.4, -0.2) is 18.9 Å². The van der Waals surface area contributed by atoms with E-state index in [-0.39, 0.29) is 0 Å². The predicted molar refractivity (Wildman–Crippen MR) is 55.9 cm³/mol. The molecule has 13 heavy (non-hydrogen) atoms. The monoisotopic (exact) mass is 214 g/mol. The summed E-state index contributed by atoms with van der Waals surface area (Å²) >= 11 is 11.7. The van der Waals surface area contributed by atoms with Gasteiger partial charge in [0.2, 0.25) is 0 Å². The summed E-state index contributed by atoms with van der Waals surface area (Å²) in [6, 6.07) is 5.41. The van der Waals surface area contributed by atoms with Gasteiger partial charge in [-0.25, -0.2) is 0 Å². The first-order valence-electron chi connectivity index (χ1n) is 4.00. The number of halogens is 2. The SMILES string of the molecule is Clc1cc(Cl)cc(C2=NCCN2)c1. The van der Waals surface area contributed by atoms with Crippen molar-refractivity contribution in [3.8, 4) is 0 Å². The zero-order valence-corrected chi connectivity index (χ0v) is 8.36. The van der Waals surface area contributed by atoms with E-state index in [2.05, 4.69) is 10.3 Å². The van der Waals surface area contributed by atoms with Crippen LogP contribution >= 0.6 is 23.2 Å². The van der Waals surface area contributed by atoms with E-state index < -0.39 is 0 Å². The van der Waals surface area contributed by atoms with Gasteiger partial charge in [0, 0.05) is 22.2 Å². The highest BCUT2D eigenvalue weighted by molar-refractivity contribution is 6.35. The number of hydrogen-bond donors (Lipinski definition) is 1. The smallest absolute Gasteiger partial charge is 0.128 e. The van der Waals surface area contributed by atoms with Crippen molar-refractivity contribution in [2.24, 2.45) is 4.99 Å². The second-order valence-corrected chi connectivity index (χ2v) is 3.69. The fourth-order valence-corrected chi connectivity index (χ4v) is 1.81. The Labute approximate surface area is 86.6 Å². The van der Waals surface area contributed by atoms with Crippen LogP contribution in [0.2, 0.25) is 10.0 Å². The molecule has 2 nitrogen and oxygen atoms in total. The van der Waals surface area contributed by atoms with Gasteiger partial charge in [-0.1, -0.05) is 23.2 Å². The van der Waals surface area contributed by atoms with Crippen LogP contribution in [0, 0.1) is 0 Å². The van der Waals surface area contributed by atoms with E-state index in [1.165, 1.54) is 0 Å². The van der Waals surface area contributed by atoms with Gasteiger partial charge in [-0.3, -0.25) is 4.99 Å². The Bertz CT molecular complexity index is 340. The van der Waals surface area contributed by atoms with Gasteiger partial charge >= 0.3 is 0 Å². The summed E-state index contributed by atoms with van der Waals surface area (Å²) in [4.78, 5) is 4.28. The minimum atomic E-state index is 0.638. The maximum atomic E-state index is 5.86. The average molecular weight is 215 g/mol. The number of nitrogens with zero attached hydrogens (tertiary/aromatic N) is 1. The first-order chi connectivity index (χ1) is 6.25. The van der Waals surface area contributed by atoms with Gasteiger partial charge in [-0.05, 0) is 18.2 Å². The zero-order valence-electron chi connectivity index (χ0n) is 6.85. The van der Waals surface area contributed by atoms with Crippen molar-refractivity contribution in [1.82, 2.24) is 5.32 Å². The van der Waals surface area contributed by atoms with Crippen LogP contribution in [0.1, 0.15) is 5.56 Å². The molecule has 0 amide bonds. The van der Waals surface area contributed by atoms with E-state index in [0.717, 1.165) is 24.5 Å². The van der Waals surface area contributed by atoms with Gasteiger partial charge in [0.05, 0.1) is 6.54 Å². The molecule has 0 saturated carbocycles. The van der Waals surface area contributed by atoms with E-state index in [9.17, 15) is 0 Å². The summed E-state index contributed by atoms with van der Waals surface area (Å²) < 4.78 is 0. The molecule has 2 rings (SSSR count). The fourth-order valence-electron chi connectivity index (χ4n) is 1.28. The van der Waals surface area contributed by atoms with Crippen molar-refractivity contribution in [3.63, 3.8) is 0 Å². The lowest BCUT2D eigenvalue weighted by molar-refractivity contribution is 0.960. The molecule has 0 bridgehead atoms. The minimum Gasteiger partial charge on any atom is -0.368 e. The second kappa shape index (κ2) is 3.56. The minimum absolute atomic E-state index is 0.638. The first kappa shape index (κ1) is 8.85. The first-order valence-corrected chi connectivity index (χ1v) is 4.76. The summed E-state index contributed by atoms with van der Waals surface area (Å²) in [6.07, 6.45) is 0. The van der Waals surface area contributed by atoms with Crippen LogP contribution in [0.5, 0.6) is 0 Å². The van der Waals surface area contributed by atoms with Gasteiger partial charge in [0.25, 0.3) is 0 Å². The maximum absolute atomic E-state index is 5.86. The van der Waals surface area contributed by atoms with Gasteiger partial charge < -0.3 is 5.32 Å². The molecular weight excluding hydrogens is 207 g/mol. The molecule has 1 aromatic rings. The molecular formula is C9H8Cl2N2. The zero-order chi connectivity index (χ0) is 9.26. The molecule has 1 aliphatic heterocycles. The molecule has 1 N–H and O–H groups in total. The molecule has 0 spiro atoms. The average Bonchev–Trinajstić information content (AvgIpc) is 2.53. The number of aliphatic imine (C=N–C) groups is 1. The van der Waals surface area contributed by atoms with Crippen LogP contribution in [0.4, 0.5) is 0 Å². The molecule has 0 atom stereocenters. The van der Waals surface area contributed by atoms with Gasteiger partial charge in [-0.2, -0.15) is 0 Å². The van der Waals surface area contributed by atoms with E-state index in [4.69, 9.17) is 23.2 Å². The normalized spacial score (nSPS) is 15.4. The lowest BCUT2D eigenvalue weighted by atomic mass is 10.2. The Hall–Kier alpha value is -0.730. The van der Waals surface area contributed by atoms with E-state index in [1.54, 1.807) is 6.07 Å². The van der Waals surface area contributed by atoms with Crippen molar-refractivity contribution >= 4 is 29.0 Å². The largest absolute Gasteiger partial charge is 0.368 e. The van der Waals surface area contributed by atoms with Crippen LogP contribution in [0.15, 0.2) is 23.2 Å². The quantitative estimate of drug-likeness (QED) is 0.763. The molecule has 68 valence electrons. The van der Waals surface area contributed by atoms with Crippen LogP contribution in [0.25, 0.3) is 0 Å². The Morgan fingerprint density at radius 3 is 2.38 bits per heavy atom. The van der Waals surface area contributed by atoms with E-state index in [0.29, 0.717) is 10.0 Å². The molecule has 0 radical (unpaired) electrons. The molecule has 1 aliphatic rings. The maximum Gasteiger partial charge on any atom is 0.128 e. The molecule has 1 heterocycles. The number of amidine groups is 1. The van der Waals surface area contributed by atoms with Crippen LogP contribution in [0.3, 0.4) is 0 Å². The third kappa shape index (κ3) is 1.95. The van der Waals surface area contributed by atoms with Gasteiger partial charge in [-0.15, -0.1) is 0 Å². The highest BCUT2D eigenvalue weighted by atomic mass is 35.5. The third-order valence-electron chi connectivity index (χ3n) is 1.81. The topological polar surface area (TPSA) is 24.4 Å². The highest BCUT2D eigenvalue weighted by Gasteiger charge is 2.08. The van der Waals surface area contributed by atoms with Gasteiger partial charge in [0.15, 0.2) is 0 Å². The van der Waals surface area contributed by atoms with Crippen LogP contribution in [-0.2, 0) is 0 Å². The Kier molecular flexibility index (Phi) is 2.42. The molecule has 4 heteroatoms. The Morgan fingerprint density at radius 2 is 1.85 bits per heavy atom. The molecule has 0 aliphatic carbocycles. The van der Waals surface area contributed by atoms with Crippen molar-refractivity contribution in [2.75, 3.05) is 13.1 Å². The number of benzene rings is 1. The van der Waals surface area contributed by atoms with Crippen molar-refractivity contribution < 1.29 is 0 Å². The standard InChI is InChI=1S/C9H8Cl2N2/c10-7-3-6(4-8(11)5-7)9-12-1-2-13-9/h3-5H,1-2H2,(H,12,13). The Balaban J connectivity index is 2.39. The molecule has 0 fully saturated rings. The molecule has 0 unspecified atom stereocenters. The summed E-state index contributed by atoms with van der Waals surface area (Å²) in [6.45, 7) is 1.71. The van der Waals surface area contributed by atoms with Crippen molar-refractivity contribution in [3.05, 3.63) is 33.8 Å². The third-order valence-corrected chi connectivity index (χ3v) is 2.25. The number of hydrogen-bond acceptors (Lipinski definition) is 2. The van der Waals surface area contributed by atoms with Crippen molar-refractivity contribution in [2.45, 2.75) is 0 Å². The summed E-state index contributed by atoms with van der Waals surface area (Å²) in [5.74, 6) is 0.879. The summed E-state index contributed by atoms with van der Waals surface area (Å²) in [5.41, 5.74) is 0.954. The number of nitrogens with one attached hydrogen (secondary N) is 1. The van der Waals surface area contributed by atoms with E-state index in [1.807, 2.05) is 12.1 Å². The summed E-state index contributed by atoms with van der Waals surface area (Å²) in [7, 11) is 0. The summed E-state index contributed by atoms with van der Waals surface area (Å²) in [5, 5.41) is 4.44. The second-order valence-electron chi connectivity index (χ2n) is 2.82. The van der Waals surface area contributed by atoms with E-state index >= 15 is 0 Å². The molecule has 1 aromatic carbocycles. The van der Waals surface area contributed by atoms with Gasteiger partial charge in [0.1, 0.15) is 5.84 Å². The predicted octanol–water partition coefficient (Wildman–Crippen LogP) is 2.34. The molecule has 0 saturated heterocycles. The Morgan fingerprint density at radius 1 is 1.15 bits per heavy atom. The fraction of sp³-hybridized carbons (Fsp3) is 0.222. The lowest BCUT2D eigenvalue weighted by Crippen LogP contribution is -2.19.